The second-order valence-corrected chi connectivity index (χ2v) is 3.68. The lowest BCUT2D eigenvalue weighted by atomic mass is 10.1. The van der Waals surface area contributed by atoms with Gasteiger partial charge in [-0.05, 0) is 18.5 Å². The Labute approximate surface area is 99.1 Å². The number of benzene rings is 1. The van der Waals surface area contributed by atoms with Gasteiger partial charge in [-0.2, -0.15) is 0 Å². The minimum Gasteiger partial charge on any atom is -0.481 e. The fraction of sp³-hybridized carbons (Fsp3) is 0.333. The smallest absolute Gasteiger partial charge is 0.321 e. The van der Waals surface area contributed by atoms with Crippen molar-refractivity contribution in [2.75, 3.05) is 6.54 Å². The van der Waals surface area contributed by atoms with Crippen LogP contribution in [0, 0.1) is 0 Å². The van der Waals surface area contributed by atoms with Crippen molar-refractivity contribution in [2.24, 2.45) is 0 Å². The third-order valence-corrected chi connectivity index (χ3v) is 2.32. The molecule has 1 rings (SSSR count). The van der Waals surface area contributed by atoms with E-state index in [9.17, 15) is 9.59 Å². The minimum absolute atomic E-state index is 0.413. The van der Waals surface area contributed by atoms with E-state index >= 15 is 0 Å². The molecular formula is C12H15NO4. The summed E-state index contributed by atoms with van der Waals surface area (Å²) in [5.41, 5.74) is 1.08. The van der Waals surface area contributed by atoms with E-state index in [2.05, 4.69) is 5.32 Å². The fourth-order valence-electron chi connectivity index (χ4n) is 1.46. The molecule has 0 saturated heterocycles. The summed E-state index contributed by atoms with van der Waals surface area (Å²) in [6.07, 6.45) is 0.258. The predicted octanol–water partition coefficient (Wildman–Crippen LogP) is 0.747. The van der Waals surface area contributed by atoms with Crippen LogP contribution in [-0.2, 0) is 16.0 Å². The Hall–Kier alpha value is -1.88. The number of hydrogen-bond acceptors (Lipinski definition) is 3. The molecule has 92 valence electrons. The van der Waals surface area contributed by atoms with Gasteiger partial charge >= 0.3 is 11.9 Å². The molecule has 5 nitrogen and oxygen atoms in total. The topological polar surface area (TPSA) is 86.6 Å². The van der Waals surface area contributed by atoms with E-state index in [0.29, 0.717) is 13.0 Å². The Bertz CT molecular complexity index is 377. The lowest BCUT2D eigenvalue weighted by Crippen LogP contribution is -2.39. The van der Waals surface area contributed by atoms with E-state index in [1.165, 1.54) is 0 Å². The largest absolute Gasteiger partial charge is 0.481 e. The maximum atomic E-state index is 10.8. The second kappa shape index (κ2) is 6.65. The summed E-state index contributed by atoms with van der Waals surface area (Å²) in [5, 5.41) is 20.1. The van der Waals surface area contributed by atoms with Crippen molar-refractivity contribution in [3.63, 3.8) is 0 Å². The van der Waals surface area contributed by atoms with Crippen molar-refractivity contribution in [3.8, 4) is 0 Å². The molecule has 1 aromatic rings. The predicted molar refractivity (Wildman–Crippen MR) is 61.8 cm³/mol. The monoisotopic (exact) mass is 237 g/mol. The van der Waals surface area contributed by atoms with Crippen LogP contribution in [0.1, 0.15) is 12.0 Å². The van der Waals surface area contributed by atoms with Gasteiger partial charge in [0.2, 0.25) is 0 Å². The van der Waals surface area contributed by atoms with Gasteiger partial charge in [0, 0.05) is 0 Å². The minimum atomic E-state index is -1.14. The molecule has 0 heterocycles. The van der Waals surface area contributed by atoms with Crippen LogP contribution in [0.5, 0.6) is 0 Å². The Morgan fingerprint density at radius 2 is 1.82 bits per heavy atom. The zero-order valence-corrected chi connectivity index (χ0v) is 9.30. The molecule has 3 N–H and O–H groups in total. The molecule has 0 aromatic heterocycles. The average Bonchev–Trinajstić information content (AvgIpc) is 2.28. The van der Waals surface area contributed by atoms with E-state index in [4.69, 9.17) is 10.2 Å². The maximum absolute atomic E-state index is 10.8. The van der Waals surface area contributed by atoms with E-state index in [1.54, 1.807) is 0 Å². The fourth-order valence-corrected chi connectivity index (χ4v) is 1.46. The number of carboxylic acid groups (broad SMARTS) is 2. The van der Waals surface area contributed by atoms with Gasteiger partial charge in [0.1, 0.15) is 6.04 Å². The third kappa shape index (κ3) is 5.12. The van der Waals surface area contributed by atoms with Crippen molar-refractivity contribution >= 4 is 11.9 Å². The van der Waals surface area contributed by atoms with Gasteiger partial charge in [0.15, 0.2) is 0 Å². The van der Waals surface area contributed by atoms with Crippen molar-refractivity contribution in [1.29, 1.82) is 0 Å². The van der Waals surface area contributed by atoms with Gasteiger partial charge in [-0.25, -0.2) is 0 Å². The van der Waals surface area contributed by atoms with Gasteiger partial charge in [-0.3, -0.25) is 9.59 Å². The van der Waals surface area contributed by atoms with E-state index in [-0.39, 0.29) is 0 Å². The first kappa shape index (κ1) is 13.2. The van der Waals surface area contributed by atoms with Crippen molar-refractivity contribution < 1.29 is 19.8 Å². The summed E-state index contributed by atoms with van der Waals surface area (Å²) < 4.78 is 0. The quantitative estimate of drug-likeness (QED) is 0.651. The average molecular weight is 237 g/mol. The van der Waals surface area contributed by atoms with Gasteiger partial charge in [-0.1, -0.05) is 30.3 Å². The van der Waals surface area contributed by atoms with Gasteiger partial charge < -0.3 is 15.5 Å². The van der Waals surface area contributed by atoms with Crippen molar-refractivity contribution in [2.45, 2.75) is 18.9 Å². The summed E-state index contributed by atoms with van der Waals surface area (Å²) in [5.74, 6) is -2.26. The first-order valence-electron chi connectivity index (χ1n) is 5.31. The van der Waals surface area contributed by atoms with Crippen LogP contribution < -0.4 is 5.32 Å². The number of carboxylic acids is 2. The molecule has 17 heavy (non-hydrogen) atoms. The van der Waals surface area contributed by atoms with Crippen LogP contribution in [0.25, 0.3) is 0 Å². The zero-order chi connectivity index (χ0) is 12.7. The molecular weight excluding hydrogens is 222 g/mol. The SMILES string of the molecule is O=C(O)CC(NCCc1ccccc1)C(=O)O. The molecule has 0 aliphatic rings. The summed E-state index contributed by atoms with van der Waals surface area (Å²) in [6.45, 7) is 0.439. The standard InChI is InChI=1S/C12H15NO4/c14-11(15)8-10(12(16)17)13-7-6-9-4-2-1-3-5-9/h1-5,10,13H,6-8H2,(H,14,15)(H,16,17). The van der Waals surface area contributed by atoms with Crippen LogP contribution in [0.4, 0.5) is 0 Å². The second-order valence-electron chi connectivity index (χ2n) is 3.68. The number of aliphatic carboxylic acids is 2. The van der Waals surface area contributed by atoms with E-state index < -0.39 is 24.4 Å². The third-order valence-electron chi connectivity index (χ3n) is 2.32. The number of nitrogens with one attached hydrogen (secondary N) is 1. The summed E-state index contributed by atoms with van der Waals surface area (Å²) in [7, 11) is 0. The highest BCUT2D eigenvalue weighted by Crippen LogP contribution is 1.99. The van der Waals surface area contributed by atoms with Gasteiger partial charge in [0.25, 0.3) is 0 Å². The van der Waals surface area contributed by atoms with Gasteiger partial charge in [-0.15, -0.1) is 0 Å². The highest BCUT2D eigenvalue weighted by Gasteiger charge is 2.19. The molecule has 0 aliphatic carbocycles. The van der Waals surface area contributed by atoms with Crippen LogP contribution >= 0.6 is 0 Å². The molecule has 0 fully saturated rings. The van der Waals surface area contributed by atoms with Crippen molar-refractivity contribution in [3.05, 3.63) is 35.9 Å². The highest BCUT2D eigenvalue weighted by molar-refractivity contribution is 5.80. The molecule has 0 spiro atoms. The van der Waals surface area contributed by atoms with E-state index in [1.807, 2.05) is 30.3 Å². The molecule has 0 bridgehead atoms. The van der Waals surface area contributed by atoms with Crippen LogP contribution in [-0.4, -0.2) is 34.7 Å². The molecule has 1 unspecified atom stereocenters. The van der Waals surface area contributed by atoms with Crippen LogP contribution in [0.2, 0.25) is 0 Å². The molecule has 1 aromatic carbocycles. The lowest BCUT2D eigenvalue weighted by Gasteiger charge is -2.11. The van der Waals surface area contributed by atoms with Crippen LogP contribution in [0.3, 0.4) is 0 Å². The zero-order valence-electron chi connectivity index (χ0n) is 9.30. The van der Waals surface area contributed by atoms with Crippen LogP contribution in [0.15, 0.2) is 30.3 Å². The summed E-state index contributed by atoms with van der Waals surface area (Å²) in [6, 6.07) is 8.56. The van der Waals surface area contributed by atoms with E-state index in [0.717, 1.165) is 5.56 Å². The molecule has 0 aliphatic heterocycles. The highest BCUT2D eigenvalue weighted by atomic mass is 16.4. The lowest BCUT2D eigenvalue weighted by molar-refractivity contribution is -0.145. The first-order chi connectivity index (χ1) is 8.09. The number of rotatable bonds is 7. The Kier molecular flexibility index (Phi) is 5.16. The normalized spacial score (nSPS) is 12.0. The number of carbonyl (C=O) groups is 2. The molecule has 0 amide bonds. The molecule has 0 radical (unpaired) electrons. The number of hydrogen-bond donors (Lipinski definition) is 3. The van der Waals surface area contributed by atoms with Crippen molar-refractivity contribution in [1.82, 2.24) is 5.32 Å². The van der Waals surface area contributed by atoms with Gasteiger partial charge in [0.05, 0.1) is 6.42 Å². The Balaban J connectivity index is 2.37. The summed E-state index contributed by atoms with van der Waals surface area (Å²) in [4.78, 5) is 21.2. The Morgan fingerprint density at radius 1 is 1.18 bits per heavy atom. The Morgan fingerprint density at radius 3 is 2.35 bits per heavy atom. The maximum Gasteiger partial charge on any atom is 0.321 e. The molecule has 0 saturated carbocycles. The summed E-state index contributed by atoms with van der Waals surface area (Å²) >= 11 is 0. The molecule has 1 atom stereocenters. The first-order valence-corrected chi connectivity index (χ1v) is 5.31. The molecule has 5 heteroatoms.